The lowest BCUT2D eigenvalue weighted by atomic mass is 10.1. The SMILES string of the molecule is Cc1coc(C)c1C(=O)N1CCC(O)CC1. The first-order chi connectivity index (χ1) is 7.59. The molecule has 1 amide bonds. The molecule has 1 saturated heterocycles. The smallest absolute Gasteiger partial charge is 0.257 e. The van der Waals surface area contributed by atoms with Crippen LogP contribution in [-0.2, 0) is 0 Å². The summed E-state index contributed by atoms with van der Waals surface area (Å²) in [5.74, 6) is 0.698. The number of aliphatic hydroxyl groups is 1. The highest BCUT2D eigenvalue weighted by Crippen LogP contribution is 2.20. The number of furan rings is 1. The summed E-state index contributed by atoms with van der Waals surface area (Å²) in [7, 11) is 0. The van der Waals surface area contributed by atoms with Gasteiger partial charge >= 0.3 is 0 Å². The molecule has 0 saturated carbocycles. The summed E-state index contributed by atoms with van der Waals surface area (Å²) in [4.78, 5) is 14.0. The number of hydrogen-bond donors (Lipinski definition) is 1. The molecule has 0 atom stereocenters. The monoisotopic (exact) mass is 223 g/mol. The fourth-order valence-corrected chi connectivity index (χ4v) is 2.12. The van der Waals surface area contributed by atoms with Crippen LogP contribution in [0.3, 0.4) is 0 Å². The molecule has 0 aliphatic carbocycles. The lowest BCUT2D eigenvalue weighted by molar-refractivity contribution is 0.0544. The van der Waals surface area contributed by atoms with E-state index in [1.807, 2.05) is 6.92 Å². The van der Waals surface area contributed by atoms with Crippen molar-refractivity contribution in [3.8, 4) is 0 Å². The number of carbonyl (C=O) groups excluding carboxylic acids is 1. The highest BCUT2D eigenvalue weighted by Gasteiger charge is 2.25. The predicted octanol–water partition coefficient (Wildman–Crippen LogP) is 1.49. The van der Waals surface area contributed by atoms with Gasteiger partial charge in [-0.1, -0.05) is 0 Å². The maximum atomic E-state index is 12.2. The molecule has 0 spiro atoms. The Morgan fingerprint density at radius 1 is 1.44 bits per heavy atom. The number of aliphatic hydroxyl groups excluding tert-OH is 1. The predicted molar refractivity (Wildman–Crippen MR) is 59.3 cm³/mol. The van der Waals surface area contributed by atoms with Gasteiger partial charge in [0.05, 0.1) is 17.9 Å². The van der Waals surface area contributed by atoms with Gasteiger partial charge in [0.1, 0.15) is 5.76 Å². The van der Waals surface area contributed by atoms with Gasteiger partial charge in [-0.25, -0.2) is 0 Å². The van der Waals surface area contributed by atoms with Crippen molar-refractivity contribution in [3.05, 3.63) is 23.2 Å². The second kappa shape index (κ2) is 4.29. The van der Waals surface area contributed by atoms with Crippen LogP contribution < -0.4 is 0 Å². The van der Waals surface area contributed by atoms with Gasteiger partial charge in [0.2, 0.25) is 0 Å². The van der Waals surface area contributed by atoms with Crippen molar-refractivity contribution < 1.29 is 14.3 Å². The van der Waals surface area contributed by atoms with Gasteiger partial charge in [0, 0.05) is 18.7 Å². The van der Waals surface area contributed by atoms with Crippen LogP contribution in [0.2, 0.25) is 0 Å². The molecule has 0 bridgehead atoms. The van der Waals surface area contributed by atoms with Crippen molar-refractivity contribution in [2.75, 3.05) is 13.1 Å². The topological polar surface area (TPSA) is 53.7 Å². The number of rotatable bonds is 1. The first-order valence-corrected chi connectivity index (χ1v) is 5.61. The molecule has 4 nitrogen and oxygen atoms in total. The van der Waals surface area contributed by atoms with E-state index >= 15 is 0 Å². The van der Waals surface area contributed by atoms with Crippen molar-refractivity contribution in [3.63, 3.8) is 0 Å². The quantitative estimate of drug-likeness (QED) is 0.784. The van der Waals surface area contributed by atoms with Gasteiger partial charge in [0.25, 0.3) is 5.91 Å². The summed E-state index contributed by atoms with van der Waals surface area (Å²) in [5.41, 5.74) is 1.56. The van der Waals surface area contributed by atoms with Gasteiger partial charge < -0.3 is 14.4 Å². The van der Waals surface area contributed by atoms with Crippen molar-refractivity contribution in [1.29, 1.82) is 0 Å². The van der Waals surface area contributed by atoms with Crippen molar-refractivity contribution in [2.24, 2.45) is 0 Å². The minimum atomic E-state index is -0.254. The number of hydrogen-bond acceptors (Lipinski definition) is 3. The highest BCUT2D eigenvalue weighted by molar-refractivity contribution is 5.96. The van der Waals surface area contributed by atoms with Crippen LogP contribution >= 0.6 is 0 Å². The van der Waals surface area contributed by atoms with Gasteiger partial charge in [-0.2, -0.15) is 0 Å². The minimum absolute atomic E-state index is 0.0238. The second-order valence-electron chi connectivity index (χ2n) is 4.37. The number of piperidine rings is 1. The Balaban J connectivity index is 2.14. The summed E-state index contributed by atoms with van der Waals surface area (Å²) >= 11 is 0. The van der Waals surface area contributed by atoms with Crippen LogP contribution in [0.1, 0.15) is 34.5 Å². The maximum Gasteiger partial charge on any atom is 0.257 e. The first kappa shape index (κ1) is 11.2. The van der Waals surface area contributed by atoms with E-state index in [9.17, 15) is 9.90 Å². The standard InChI is InChI=1S/C12H17NO3/c1-8-7-16-9(2)11(8)12(15)13-5-3-10(14)4-6-13/h7,10,14H,3-6H2,1-2H3. The molecule has 88 valence electrons. The molecule has 1 fully saturated rings. The zero-order chi connectivity index (χ0) is 11.7. The summed E-state index contributed by atoms with van der Waals surface area (Å²) in [5, 5.41) is 9.39. The molecule has 16 heavy (non-hydrogen) atoms. The maximum absolute atomic E-state index is 12.2. The van der Waals surface area contributed by atoms with E-state index in [4.69, 9.17) is 4.42 Å². The first-order valence-electron chi connectivity index (χ1n) is 5.61. The van der Waals surface area contributed by atoms with E-state index in [2.05, 4.69) is 0 Å². The van der Waals surface area contributed by atoms with Crippen LogP contribution in [0.4, 0.5) is 0 Å². The van der Waals surface area contributed by atoms with Gasteiger partial charge in [-0.3, -0.25) is 4.79 Å². The molecule has 0 radical (unpaired) electrons. The fourth-order valence-electron chi connectivity index (χ4n) is 2.12. The van der Waals surface area contributed by atoms with Gasteiger partial charge in [-0.05, 0) is 26.7 Å². The summed E-state index contributed by atoms with van der Waals surface area (Å²) < 4.78 is 5.23. The Labute approximate surface area is 94.9 Å². The Morgan fingerprint density at radius 3 is 2.56 bits per heavy atom. The normalized spacial score (nSPS) is 17.8. The lowest BCUT2D eigenvalue weighted by Gasteiger charge is -2.29. The average Bonchev–Trinajstić information content (AvgIpc) is 2.59. The molecule has 1 aromatic heterocycles. The van der Waals surface area contributed by atoms with Crippen LogP contribution in [0.15, 0.2) is 10.7 Å². The zero-order valence-electron chi connectivity index (χ0n) is 9.69. The molecule has 2 heterocycles. The van der Waals surface area contributed by atoms with Crippen molar-refractivity contribution >= 4 is 5.91 Å². The average molecular weight is 223 g/mol. The molecule has 1 aliphatic heterocycles. The number of amides is 1. The minimum Gasteiger partial charge on any atom is -0.469 e. The third-order valence-electron chi connectivity index (χ3n) is 3.12. The molecule has 1 aliphatic rings. The van der Waals surface area contributed by atoms with Crippen molar-refractivity contribution in [2.45, 2.75) is 32.8 Å². The largest absolute Gasteiger partial charge is 0.469 e. The van der Waals surface area contributed by atoms with E-state index in [0.717, 1.165) is 5.56 Å². The Bertz CT molecular complexity index is 369. The molecule has 4 heteroatoms. The van der Waals surface area contributed by atoms with E-state index in [1.165, 1.54) is 0 Å². The number of aryl methyl sites for hydroxylation is 2. The van der Waals surface area contributed by atoms with Gasteiger partial charge in [0.15, 0.2) is 0 Å². The van der Waals surface area contributed by atoms with Crippen LogP contribution in [-0.4, -0.2) is 35.1 Å². The third-order valence-corrected chi connectivity index (χ3v) is 3.12. The van der Waals surface area contributed by atoms with Gasteiger partial charge in [-0.15, -0.1) is 0 Å². The summed E-state index contributed by atoms with van der Waals surface area (Å²) in [6, 6.07) is 0. The van der Waals surface area contributed by atoms with Crippen molar-refractivity contribution in [1.82, 2.24) is 4.90 Å². The second-order valence-corrected chi connectivity index (χ2v) is 4.37. The summed E-state index contributed by atoms with van der Waals surface area (Å²) in [6.07, 6.45) is 2.70. The van der Waals surface area contributed by atoms with E-state index in [1.54, 1.807) is 18.1 Å². The van der Waals surface area contributed by atoms with E-state index in [0.29, 0.717) is 37.3 Å². The van der Waals surface area contributed by atoms with Crippen LogP contribution in [0.25, 0.3) is 0 Å². The van der Waals surface area contributed by atoms with Crippen LogP contribution in [0.5, 0.6) is 0 Å². The zero-order valence-corrected chi connectivity index (χ0v) is 9.69. The molecule has 2 rings (SSSR count). The third kappa shape index (κ3) is 1.97. The molecular formula is C12H17NO3. The van der Waals surface area contributed by atoms with E-state index < -0.39 is 0 Å². The van der Waals surface area contributed by atoms with E-state index in [-0.39, 0.29) is 12.0 Å². The molecular weight excluding hydrogens is 206 g/mol. The Hall–Kier alpha value is -1.29. The molecule has 0 unspecified atom stereocenters. The molecule has 1 N–H and O–H groups in total. The summed E-state index contributed by atoms with van der Waals surface area (Å²) in [6.45, 7) is 4.94. The number of likely N-dealkylation sites (tertiary alicyclic amines) is 1. The molecule has 0 aromatic carbocycles. The lowest BCUT2D eigenvalue weighted by Crippen LogP contribution is -2.40. The Morgan fingerprint density at radius 2 is 2.06 bits per heavy atom. The molecule has 1 aromatic rings. The number of carbonyl (C=O) groups is 1. The highest BCUT2D eigenvalue weighted by atomic mass is 16.3. The van der Waals surface area contributed by atoms with Crippen LogP contribution in [0, 0.1) is 13.8 Å². The number of nitrogens with zero attached hydrogens (tertiary/aromatic N) is 1. The Kier molecular flexibility index (Phi) is 3.01. The fraction of sp³-hybridized carbons (Fsp3) is 0.583.